The number of hydrogen-bond donors (Lipinski definition) is 0. The molecule has 1 aliphatic heterocycles. The lowest BCUT2D eigenvalue weighted by atomic mass is 9.94. The number of hydrogen-bond acceptors (Lipinski definition) is 7. The second-order valence-electron chi connectivity index (χ2n) is 16.5. The van der Waals surface area contributed by atoms with Gasteiger partial charge in [0.05, 0.1) is 11.0 Å². The molecule has 0 saturated carbocycles. The third-order valence-electron chi connectivity index (χ3n) is 11.9. The lowest BCUT2D eigenvalue weighted by Gasteiger charge is -2.43. The van der Waals surface area contributed by atoms with Crippen molar-refractivity contribution in [3.8, 4) is 0 Å². The standard InChI is InChI=1S/C47H68O7SSi2/c1-9-56(10-2,11-3)52-37-25-26-39(4)45(48)44(55(49,50)41-29-17-12-18-30-41)38-47(51-8)35-24-28-40(54-47)27-16-15-23-36-53-57(46(5,6)7,42-31-19-13-20-32-42)43-33-21-14-22-34-43/h12-14,16-22,24,27,29-35,39-40,44H,9-11,15,23,25-26,28,36-38H2,1-8H3/b27-16+/t39-,40+,44?,47+/m0/s1. The highest BCUT2D eigenvalue weighted by Crippen LogP contribution is 2.37. The Morgan fingerprint density at radius 1 is 0.860 bits per heavy atom. The molecule has 1 aliphatic rings. The summed E-state index contributed by atoms with van der Waals surface area (Å²) in [6, 6.07) is 32.8. The molecule has 0 saturated heterocycles. The summed E-state index contributed by atoms with van der Waals surface area (Å²) in [7, 11) is -6.92. The maximum Gasteiger partial charge on any atom is 0.261 e. The minimum absolute atomic E-state index is 0.0941. The van der Waals surface area contributed by atoms with E-state index in [0.717, 1.165) is 31.0 Å². The minimum Gasteiger partial charge on any atom is -0.417 e. The smallest absolute Gasteiger partial charge is 0.261 e. The monoisotopic (exact) mass is 832 g/mol. The molecule has 1 heterocycles. The summed E-state index contributed by atoms with van der Waals surface area (Å²) in [6.45, 7) is 16.5. The molecule has 7 nitrogen and oxygen atoms in total. The molecule has 4 atom stereocenters. The van der Waals surface area contributed by atoms with Crippen molar-refractivity contribution in [2.24, 2.45) is 5.92 Å². The van der Waals surface area contributed by atoms with Crippen LogP contribution < -0.4 is 10.4 Å². The first-order valence-electron chi connectivity index (χ1n) is 21.0. The third kappa shape index (κ3) is 11.6. The number of ketones is 1. The van der Waals surface area contributed by atoms with Gasteiger partial charge < -0.3 is 18.3 Å². The molecule has 0 radical (unpaired) electrons. The van der Waals surface area contributed by atoms with Crippen molar-refractivity contribution in [2.75, 3.05) is 20.3 Å². The van der Waals surface area contributed by atoms with Crippen LogP contribution in [0.4, 0.5) is 0 Å². The molecular weight excluding hydrogens is 765 g/mol. The number of methoxy groups -OCH3 is 1. The maximum atomic E-state index is 14.3. The van der Waals surface area contributed by atoms with Crippen molar-refractivity contribution < 1.29 is 31.5 Å². The van der Waals surface area contributed by atoms with Crippen molar-refractivity contribution in [3.63, 3.8) is 0 Å². The maximum absolute atomic E-state index is 14.3. The van der Waals surface area contributed by atoms with E-state index in [9.17, 15) is 13.2 Å². The SMILES string of the molecule is CC[Si](CC)(CC)OCCC[C@H](C)C(=O)C(C[C@@]1(OC)C=CC[C@@H](/C=C/CCCO[Si](c2ccccc2)(c2ccccc2)C(C)(C)C)O1)S(=O)(=O)c1ccccc1. The summed E-state index contributed by atoms with van der Waals surface area (Å²) in [6.07, 6.45) is 10.8. The van der Waals surface area contributed by atoms with Gasteiger partial charge in [0.15, 0.2) is 29.7 Å². The molecule has 0 aliphatic carbocycles. The second-order valence-corrected chi connectivity index (χ2v) is 27.7. The highest BCUT2D eigenvalue weighted by molar-refractivity contribution is 7.92. The van der Waals surface area contributed by atoms with Gasteiger partial charge in [0.25, 0.3) is 8.32 Å². The first-order valence-corrected chi connectivity index (χ1v) is 27.0. The first kappa shape index (κ1) is 46.7. The summed E-state index contributed by atoms with van der Waals surface area (Å²) in [5.74, 6) is -2.20. The molecule has 0 fully saturated rings. The van der Waals surface area contributed by atoms with E-state index in [0.29, 0.717) is 32.5 Å². The Morgan fingerprint density at radius 3 is 1.93 bits per heavy atom. The molecule has 0 bridgehead atoms. The molecule has 1 unspecified atom stereocenters. The molecule has 3 aromatic rings. The van der Waals surface area contributed by atoms with E-state index in [1.165, 1.54) is 17.5 Å². The Bertz CT molecular complexity index is 1780. The average Bonchev–Trinajstić information content (AvgIpc) is 3.23. The number of Topliss-reactive ketones (excluding diaryl/α,β-unsaturated/α-hetero) is 1. The summed E-state index contributed by atoms with van der Waals surface area (Å²) < 4.78 is 54.6. The van der Waals surface area contributed by atoms with E-state index in [-0.39, 0.29) is 28.2 Å². The average molecular weight is 833 g/mol. The highest BCUT2D eigenvalue weighted by Gasteiger charge is 2.50. The molecule has 0 aromatic heterocycles. The second kappa shape index (κ2) is 21.3. The van der Waals surface area contributed by atoms with Gasteiger partial charge in [-0.05, 0) is 83.9 Å². The number of allylic oxidation sites excluding steroid dienone is 1. The molecule has 0 amide bonds. The van der Waals surface area contributed by atoms with Gasteiger partial charge in [0.2, 0.25) is 0 Å². The van der Waals surface area contributed by atoms with Crippen LogP contribution in [0.15, 0.2) is 120 Å². The zero-order valence-electron chi connectivity index (χ0n) is 35.7. The van der Waals surface area contributed by atoms with E-state index < -0.39 is 43.4 Å². The van der Waals surface area contributed by atoms with Gasteiger partial charge in [0.1, 0.15) is 5.25 Å². The van der Waals surface area contributed by atoms with Crippen molar-refractivity contribution in [2.45, 2.75) is 132 Å². The first-order chi connectivity index (χ1) is 27.2. The number of carbonyl (C=O) groups excluding carboxylic acids is 1. The molecule has 57 heavy (non-hydrogen) atoms. The van der Waals surface area contributed by atoms with Gasteiger partial charge in [-0.15, -0.1) is 0 Å². The summed E-state index contributed by atoms with van der Waals surface area (Å²) in [5.41, 5.74) is 0. The van der Waals surface area contributed by atoms with E-state index >= 15 is 0 Å². The number of benzene rings is 3. The minimum atomic E-state index is -4.06. The fourth-order valence-corrected chi connectivity index (χ4v) is 17.3. The van der Waals surface area contributed by atoms with Crippen LogP contribution in [0.1, 0.15) is 87.0 Å². The van der Waals surface area contributed by atoms with Gasteiger partial charge in [-0.25, -0.2) is 8.42 Å². The van der Waals surface area contributed by atoms with Crippen LogP contribution in [0.3, 0.4) is 0 Å². The number of carbonyl (C=O) groups is 1. The predicted molar refractivity (Wildman–Crippen MR) is 239 cm³/mol. The normalized spacial score (nSPS) is 19.1. The Morgan fingerprint density at radius 2 is 1.40 bits per heavy atom. The quantitative estimate of drug-likeness (QED) is 0.0534. The number of sulfone groups is 1. The molecular formula is C47H68O7SSi2. The molecule has 3 aromatic carbocycles. The van der Waals surface area contributed by atoms with Crippen molar-refractivity contribution >= 4 is 42.6 Å². The lowest BCUT2D eigenvalue weighted by molar-refractivity contribution is -0.213. The van der Waals surface area contributed by atoms with Crippen LogP contribution >= 0.6 is 0 Å². The van der Waals surface area contributed by atoms with Crippen molar-refractivity contribution in [1.29, 1.82) is 0 Å². The van der Waals surface area contributed by atoms with Crippen LogP contribution in [-0.4, -0.2) is 68.3 Å². The summed E-state index contributed by atoms with van der Waals surface area (Å²) >= 11 is 0. The molecule has 0 N–H and O–H groups in total. The third-order valence-corrected chi connectivity index (χ3v) is 23.7. The topological polar surface area (TPSA) is 88.1 Å². The van der Waals surface area contributed by atoms with Gasteiger partial charge in [-0.1, -0.05) is 146 Å². The van der Waals surface area contributed by atoms with Crippen LogP contribution in [0.5, 0.6) is 0 Å². The van der Waals surface area contributed by atoms with Gasteiger partial charge in [-0.2, -0.15) is 0 Å². The molecule has 10 heteroatoms. The lowest BCUT2D eigenvalue weighted by Crippen LogP contribution is -2.66. The van der Waals surface area contributed by atoms with E-state index in [4.69, 9.17) is 18.3 Å². The molecule has 312 valence electrons. The van der Waals surface area contributed by atoms with Gasteiger partial charge in [0, 0.05) is 32.7 Å². The predicted octanol–water partition coefficient (Wildman–Crippen LogP) is 9.83. The Labute approximate surface area is 346 Å². The van der Waals surface area contributed by atoms with Crippen LogP contribution in [-0.2, 0) is 33.0 Å². The summed E-state index contributed by atoms with van der Waals surface area (Å²) in [5, 5.41) is 1.08. The largest absolute Gasteiger partial charge is 0.417 e. The Kier molecular flexibility index (Phi) is 17.5. The van der Waals surface area contributed by atoms with Crippen molar-refractivity contribution in [3.05, 3.63) is 115 Å². The summed E-state index contributed by atoms with van der Waals surface area (Å²) in [4.78, 5) is 14.4. The molecule has 0 spiro atoms. The van der Waals surface area contributed by atoms with Crippen LogP contribution in [0.2, 0.25) is 23.2 Å². The zero-order valence-corrected chi connectivity index (χ0v) is 38.6. The van der Waals surface area contributed by atoms with Crippen molar-refractivity contribution in [1.82, 2.24) is 0 Å². The fraction of sp³-hybridized carbons (Fsp3) is 0.511. The fourth-order valence-electron chi connectivity index (χ4n) is 8.18. The van der Waals surface area contributed by atoms with Gasteiger partial charge >= 0.3 is 0 Å². The molecule has 4 rings (SSSR count). The number of unbranched alkanes of at least 4 members (excludes halogenated alkanes) is 1. The van der Waals surface area contributed by atoms with Crippen LogP contribution in [0, 0.1) is 5.92 Å². The Hall–Kier alpha value is -2.97. The number of ether oxygens (including phenoxy) is 2. The van der Waals surface area contributed by atoms with E-state index in [1.807, 2.05) is 19.1 Å². The van der Waals surface area contributed by atoms with Gasteiger partial charge in [-0.3, -0.25) is 4.79 Å². The van der Waals surface area contributed by atoms with E-state index in [1.54, 1.807) is 36.4 Å². The number of rotatable bonds is 23. The Balaban J connectivity index is 1.45. The zero-order chi connectivity index (χ0) is 41.6. The van der Waals surface area contributed by atoms with Crippen LogP contribution in [0.25, 0.3) is 0 Å². The highest BCUT2D eigenvalue weighted by atomic mass is 32.2. The van der Waals surface area contributed by atoms with E-state index in [2.05, 4.69) is 108 Å².